The molecule has 30 heavy (non-hydrogen) atoms. The predicted molar refractivity (Wildman–Crippen MR) is 115 cm³/mol. The van der Waals surface area contributed by atoms with Crippen LogP contribution in [0.1, 0.15) is 21.5 Å². The number of hydrogen-bond donors (Lipinski definition) is 1. The number of ether oxygens (including phenoxy) is 1. The summed E-state index contributed by atoms with van der Waals surface area (Å²) >= 11 is 11.8. The molecule has 1 N–H and O–H groups in total. The highest BCUT2D eigenvalue weighted by Gasteiger charge is 2.09. The highest BCUT2D eigenvalue weighted by atomic mass is 35.5. The van der Waals surface area contributed by atoms with Crippen LogP contribution in [0, 0.1) is 10.1 Å². The summed E-state index contributed by atoms with van der Waals surface area (Å²) in [6, 6.07) is 17.8. The van der Waals surface area contributed by atoms with Crippen LogP contribution in [0.2, 0.25) is 10.0 Å². The molecule has 0 fully saturated rings. The number of nitrogens with one attached hydrogen (secondary N) is 1. The van der Waals surface area contributed by atoms with Crippen molar-refractivity contribution < 1.29 is 14.5 Å². The van der Waals surface area contributed by atoms with Crippen LogP contribution in [0.4, 0.5) is 5.69 Å². The summed E-state index contributed by atoms with van der Waals surface area (Å²) in [5, 5.41) is 15.3. The largest absolute Gasteiger partial charge is 0.489 e. The van der Waals surface area contributed by atoms with E-state index in [0.29, 0.717) is 10.8 Å². The van der Waals surface area contributed by atoms with E-state index in [1.165, 1.54) is 30.5 Å². The van der Waals surface area contributed by atoms with Gasteiger partial charge in [0.15, 0.2) is 0 Å². The number of rotatable bonds is 7. The standard InChI is InChI=1S/C21H15Cl2N3O4/c22-16-5-10-19(20(23)11-16)21(27)25-24-12-14-3-8-18(9-4-14)30-13-15-1-6-17(7-2-15)26(28)29/h1-12H,13H2,(H,25,27)/b24-12-. The molecule has 0 unspecified atom stereocenters. The smallest absolute Gasteiger partial charge is 0.272 e. The van der Waals surface area contributed by atoms with Crippen LogP contribution in [0.25, 0.3) is 0 Å². The van der Waals surface area contributed by atoms with E-state index in [2.05, 4.69) is 10.5 Å². The van der Waals surface area contributed by atoms with Gasteiger partial charge in [-0.15, -0.1) is 0 Å². The fourth-order valence-corrected chi connectivity index (χ4v) is 2.92. The molecule has 0 spiro atoms. The van der Waals surface area contributed by atoms with Crippen LogP contribution >= 0.6 is 23.2 Å². The van der Waals surface area contributed by atoms with Crippen molar-refractivity contribution in [3.8, 4) is 5.75 Å². The molecule has 0 bridgehead atoms. The fraction of sp³-hybridized carbons (Fsp3) is 0.0476. The number of carbonyl (C=O) groups excluding carboxylic acids is 1. The molecule has 7 nitrogen and oxygen atoms in total. The Kier molecular flexibility index (Phi) is 7.00. The van der Waals surface area contributed by atoms with Crippen LogP contribution < -0.4 is 10.2 Å². The van der Waals surface area contributed by atoms with Crippen LogP contribution in [-0.2, 0) is 6.61 Å². The van der Waals surface area contributed by atoms with Crippen molar-refractivity contribution in [1.82, 2.24) is 5.43 Å². The van der Waals surface area contributed by atoms with Crippen LogP contribution in [-0.4, -0.2) is 17.0 Å². The monoisotopic (exact) mass is 443 g/mol. The molecule has 9 heteroatoms. The van der Waals surface area contributed by atoms with E-state index in [-0.39, 0.29) is 22.9 Å². The molecule has 3 aromatic rings. The SMILES string of the molecule is O=C(N/N=C\c1ccc(OCc2ccc([N+](=O)[O-])cc2)cc1)c1ccc(Cl)cc1Cl. The van der Waals surface area contributed by atoms with Crippen molar-refractivity contribution in [1.29, 1.82) is 0 Å². The second kappa shape index (κ2) is 9.87. The summed E-state index contributed by atoms with van der Waals surface area (Å²) in [6.07, 6.45) is 1.49. The Morgan fingerprint density at radius 2 is 1.77 bits per heavy atom. The molecule has 1 amide bonds. The lowest BCUT2D eigenvalue weighted by Crippen LogP contribution is -2.18. The van der Waals surface area contributed by atoms with E-state index in [0.717, 1.165) is 11.1 Å². The maximum Gasteiger partial charge on any atom is 0.272 e. The molecular weight excluding hydrogens is 429 g/mol. The van der Waals surface area contributed by atoms with Gasteiger partial charge in [0, 0.05) is 17.2 Å². The molecule has 0 heterocycles. The molecule has 3 aromatic carbocycles. The van der Waals surface area contributed by atoms with Gasteiger partial charge in [-0.25, -0.2) is 5.43 Å². The molecule has 0 aliphatic rings. The van der Waals surface area contributed by atoms with E-state index < -0.39 is 10.8 Å². The first-order valence-electron chi connectivity index (χ1n) is 8.67. The first-order valence-corrected chi connectivity index (χ1v) is 9.42. The first kappa shape index (κ1) is 21.3. The van der Waals surface area contributed by atoms with E-state index in [1.807, 2.05) is 0 Å². The zero-order chi connectivity index (χ0) is 21.5. The van der Waals surface area contributed by atoms with Gasteiger partial charge in [-0.2, -0.15) is 5.10 Å². The van der Waals surface area contributed by atoms with E-state index >= 15 is 0 Å². The van der Waals surface area contributed by atoms with Crippen molar-refractivity contribution in [3.63, 3.8) is 0 Å². The van der Waals surface area contributed by atoms with Crippen molar-refractivity contribution in [2.24, 2.45) is 5.10 Å². The second-order valence-electron chi connectivity index (χ2n) is 6.10. The van der Waals surface area contributed by atoms with Crippen molar-refractivity contribution in [2.45, 2.75) is 6.61 Å². The molecular formula is C21H15Cl2N3O4. The Morgan fingerprint density at radius 1 is 1.07 bits per heavy atom. The number of benzene rings is 3. The third-order valence-corrected chi connectivity index (χ3v) is 4.54. The minimum absolute atomic E-state index is 0.0350. The number of nitro groups is 1. The normalized spacial score (nSPS) is 10.7. The minimum atomic E-state index is -0.448. The molecule has 0 saturated carbocycles. The maximum absolute atomic E-state index is 12.1. The van der Waals surface area contributed by atoms with Crippen LogP contribution in [0.3, 0.4) is 0 Å². The number of amides is 1. The van der Waals surface area contributed by atoms with Gasteiger partial charge in [-0.05, 0) is 65.7 Å². The number of hydrogen-bond acceptors (Lipinski definition) is 5. The van der Waals surface area contributed by atoms with Crippen LogP contribution in [0.15, 0.2) is 71.8 Å². The number of nitro benzene ring substituents is 1. The molecule has 0 atom stereocenters. The average Bonchev–Trinajstić information content (AvgIpc) is 2.73. The number of halogens is 2. The lowest BCUT2D eigenvalue weighted by atomic mass is 10.2. The van der Waals surface area contributed by atoms with Gasteiger partial charge in [0.25, 0.3) is 11.6 Å². The van der Waals surface area contributed by atoms with Crippen LogP contribution in [0.5, 0.6) is 5.75 Å². The van der Waals surface area contributed by atoms with E-state index in [9.17, 15) is 14.9 Å². The minimum Gasteiger partial charge on any atom is -0.489 e. The summed E-state index contributed by atoms with van der Waals surface area (Å²) in [6.45, 7) is 0.281. The number of nitrogens with zero attached hydrogens (tertiary/aromatic N) is 2. The lowest BCUT2D eigenvalue weighted by molar-refractivity contribution is -0.384. The molecule has 0 radical (unpaired) electrons. The molecule has 0 aromatic heterocycles. The third-order valence-electron chi connectivity index (χ3n) is 3.99. The third kappa shape index (κ3) is 5.79. The Balaban J connectivity index is 1.52. The summed E-state index contributed by atoms with van der Waals surface area (Å²) in [5.74, 6) is 0.179. The fourth-order valence-electron chi connectivity index (χ4n) is 2.43. The van der Waals surface area contributed by atoms with Gasteiger partial charge in [0.05, 0.1) is 21.7 Å². The zero-order valence-electron chi connectivity index (χ0n) is 15.4. The van der Waals surface area contributed by atoms with Gasteiger partial charge in [0.2, 0.25) is 0 Å². The van der Waals surface area contributed by atoms with Gasteiger partial charge in [-0.3, -0.25) is 14.9 Å². The molecule has 3 rings (SSSR count). The van der Waals surface area contributed by atoms with Gasteiger partial charge in [0.1, 0.15) is 12.4 Å². The Labute approximate surface area is 182 Å². The van der Waals surface area contributed by atoms with Gasteiger partial charge < -0.3 is 4.74 Å². The summed E-state index contributed by atoms with van der Waals surface area (Å²) in [5.41, 5.74) is 4.28. The highest BCUT2D eigenvalue weighted by molar-refractivity contribution is 6.36. The van der Waals surface area contributed by atoms with Crippen molar-refractivity contribution in [3.05, 3.63) is 104 Å². The summed E-state index contributed by atoms with van der Waals surface area (Å²) < 4.78 is 5.66. The van der Waals surface area contributed by atoms with Gasteiger partial charge >= 0.3 is 0 Å². The number of hydrazone groups is 1. The Morgan fingerprint density at radius 3 is 2.40 bits per heavy atom. The zero-order valence-corrected chi connectivity index (χ0v) is 16.9. The highest BCUT2D eigenvalue weighted by Crippen LogP contribution is 2.21. The van der Waals surface area contributed by atoms with Gasteiger partial charge in [-0.1, -0.05) is 23.2 Å². The van der Waals surface area contributed by atoms with Crippen molar-refractivity contribution in [2.75, 3.05) is 0 Å². The predicted octanol–water partition coefficient (Wildman–Crippen LogP) is 5.24. The molecule has 152 valence electrons. The lowest BCUT2D eigenvalue weighted by Gasteiger charge is -2.06. The van der Waals surface area contributed by atoms with Crippen molar-refractivity contribution >= 4 is 41.0 Å². The van der Waals surface area contributed by atoms with E-state index in [1.54, 1.807) is 42.5 Å². The first-order chi connectivity index (χ1) is 14.4. The number of carbonyl (C=O) groups is 1. The Hall–Kier alpha value is -3.42. The molecule has 0 saturated heterocycles. The maximum atomic E-state index is 12.1. The Bertz CT molecular complexity index is 1080. The van der Waals surface area contributed by atoms with E-state index in [4.69, 9.17) is 27.9 Å². The quantitative estimate of drug-likeness (QED) is 0.306. The molecule has 0 aliphatic carbocycles. The summed E-state index contributed by atoms with van der Waals surface area (Å²) in [7, 11) is 0. The second-order valence-corrected chi connectivity index (χ2v) is 6.95. The number of non-ortho nitro benzene ring substituents is 1. The topological polar surface area (TPSA) is 93.8 Å². The average molecular weight is 444 g/mol. The molecule has 0 aliphatic heterocycles. The summed E-state index contributed by atoms with van der Waals surface area (Å²) in [4.78, 5) is 22.3.